The van der Waals surface area contributed by atoms with E-state index in [-0.39, 0.29) is 24.4 Å². The third-order valence-corrected chi connectivity index (χ3v) is 3.41. The molecular formula is C13H27ClN2O. The number of nitrogens with one attached hydrogen (secondary N) is 1. The summed E-state index contributed by atoms with van der Waals surface area (Å²) in [5.41, 5.74) is 5.60. The largest absolute Gasteiger partial charge is 0.356 e. The molecule has 1 aliphatic rings. The predicted octanol–water partition coefficient (Wildman–Crippen LogP) is 2.62. The summed E-state index contributed by atoms with van der Waals surface area (Å²) in [5.74, 6) is 1.09. The number of carbonyl (C=O) groups is 1. The van der Waals surface area contributed by atoms with Crippen LogP contribution in [-0.4, -0.2) is 18.5 Å². The molecule has 1 rings (SSSR count). The van der Waals surface area contributed by atoms with Gasteiger partial charge in [-0.25, -0.2) is 0 Å². The van der Waals surface area contributed by atoms with E-state index in [1.807, 2.05) is 6.92 Å². The van der Waals surface area contributed by atoms with Crippen LogP contribution in [0.3, 0.4) is 0 Å². The number of hydrogen-bond acceptors (Lipinski definition) is 2. The van der Waals surface area contributed by atoms with E-state index in [0.29, 0.717) is 6.42 Å². The fourth-order valence-corrected chi connectivity index (χ4v) is 2.36. The van der Waals surface area contributed by atoms with Crippen molar-refractivity contribution in [3.63, 3.8) is 0 Å². The summed E-state index contributed by atoms with van der Waals surface area (Å²) in [4.78, 5) is 11.4. The Hall–Kier alpha value is -0.280. The summed E-state index contributed by atoms with van der Waals surface area (Å²) >= 11 is 0. The lowest BCUT2D eigenvalue weighted by Crippen LogP contribution is -2.26. The highest BCUT2D eigenvalue weighted by Gasteiger charge is 2.14. The molecule has 3 N–H and O–H groups in total. The third-order valence-electron chi connectivity index (χ3n) is 3.41. The molecule has 17 heavy (non-hydrogen) atoms. The second-order valence-corrected chi connectivity index (χ2v) is 5.16. The number of rotatable bonds is 7. The summed E-state index contributed by atoms with van der Waals surface area (Å²) in [6.45, 7) is 2.78. The van der Waals surface area contributed by atoms with Crippen LogP contribution in [0.5, 0.6) is 0 Å². The molecule has 102 valence electrons. The minimum atomic E-state index is 0. The Balaban J connectivity index is 0.00000256. The molecule has 1 amide bonds. The van der Waals surface area contributed by atoms with Crippen LogP contribution in [0.25, 0.3) is 0 Å². The Morgan fingerprint density at radius 2 is 2.06 bits per heavy atom. The van der Waals surface area contributed by atoms with Crippen molar-refractivity contribution in [3.05, 3.63) is 0 Å². The molecule has 0 aliphatic heterocycles. The fourth-order valence-electron chi connectivity index (χ4n) is 2.36. The number of nitrogens with two attached hydrogens (primary N) is 1. The van der Waals surface area contributed by atoms with Crippen LogP contribution in [-0.2, 0) is 4.79 Å². The van der Waals surface area contributed by atoms with Gasteiger partial charge in [0.2, 0.25) is 5.91 Å². The summed E-state index contributed by atoms with van der Waals surface area (Å²) in [7, 11) is 0. The van der Waals surface area contributed by atoms with Crippen LogP contribution in [0.4, 0.5) is 0 Å². The highest BCUT2D eigenvalue weighted by molar-refractivity contribution is 5.85. The van der Waals surface area contributed by atoms with E-state index in [9.17, 15) is 4.79 Å². The Morgan fingerprint density at radius 1 is 1.41 bits per heavy atom. The van der Waals surface area contributed by atoms with Crippen LogP contribution in [0.15, 0.2) is 0 Å². The van der Waals surface area contributed by atoms with Crippen molar-refractivity contribution in [2.24, 2.45) is 11.7 Å². The van der Waals surface area contributed by atoms with E-state index in [4.69, 9.17) is 5.73 Å². The van der Waals surface area contributed by atoms with Crippen molar-refractivity contribution in [2.45, 2.75) is 64.3 Å². The molecule has 1 saturated carbocycles. The highest BCUT2D eigenvalue weighted by atomic mass is 35.5. The van der Waals surface area contributed by atoms with Crippen LogP contribution in [0.1, 0.15) is 58.3 Å². The van der Waals surface area contributed by atoms with Crippen molar-refractivity contribution in [1.82, 2.24) is 5.32 Å². The number of hydrogen-bond donors (Lipinski definition) is 2. The van der Waals surface area contributed by atoms with Gasteiger partial charge in [-0.05, 0) is 32.1 Å². The zero-order chi connectivity index (χ0) is 11.8. The van der Waals surface area contributed by atoms with Crippen molar-refractivity contribution in [2.75, 3.05) is 6.54 Å². The molecule has 1 aliphatic carbocycles. The first-order valence-electron chi connectivity index (χ1n) is 6.70. The second kappa shape index (κ2) is 9.72. The van der Waals surface area contributed by atoms with Gasteiger partial charge in [-0.1, -0.05) is 25.7 Å². The monoisotopic (exact) mass is 262 g/mol. The number of amides is 1. The van der Waals surface area contributed by atoms with Crippen molar-refractivity contribution in [3.8, 4) is 0 Å². The molecule has 1 fully saturated rings. The third kappa shape index (κ3) is 8.44. The van der Waals surface area contributed by atoms with Crippen LogP contribution in [0.2, 0.25) is 0 Å². The first kappa shape index (κ1) is 16.7. The van der Waals surface area contributed by atoms with Gasteiger partial charge in [0.25, 0.3) is 0 Å². The second-order valence-electron chi connectivity index (χ2n) is 5.16. The molecule has 1 unspecified atom stereocenters. The SMILES string of the molecule is CC(N)CCC(=O)NCCCC1CCCC1.Cl. The van der Waals surface area contributed by atoms with E-state index < -0.39 is 0 Å². The average Bonchev–Trinajstić information content (AvgIpc) is 2.74. The topological polar surface area (TPSA) is 55.1 Å². The maximum absolute atomic E-state index is 11.4. The lowest BCUT2D eigenvalue weighted by atomic mass is 10.0. The van der Waals surface area contributed by atoms with Gasteiger partial charge in [0.1, 0.15) is 0 Å². The van der Waals surface area contributed by atoms with Crippen LogP contribution < -0.4 is 11.1 Å². The van der Waals surface area contributed by atoms with E-state index in [1.165, 1.54) is 32.1 Å². The molecule has 0 aromatic rings. The van der Waals surface area contributed by atoms with Crippen LogP contribution in [0, 0.1) is 5.92 Å². The molecule has 0 heterocycles. The quantitative estimate of drug-likeness (QED) is 0.693. The molecule has 1 atom stereocenters. The minimum absolute atomic E-state index is 0. The Morgan fingerprint density at radius 3 is 2.65 bits per heavy atom. The zero-order valence-corrected chi connectivity index (χ0v) is 11.7. The highest BCUT2D eigenvalue weighted by Crippen LogP contribution is 2.28. The van der Waals surface area contributed by atoms with Crippen molar-refractivity contribution < 1.29 is 4.79 Å². The summed E-state index contributed by atoms with van der Waals surface area (Å²) in [6, 6.07) is 0.129. The lowest BCUT2D eigenvalue weighted by Gasteiger charge is -2.09. The standard InChI is InChI=1S/C13H26N2O.ClH/c1-11(14)8-9-13(16)15-10-4-7-12-5-2-3-6-12;/h11-12H,2-10,14H2,1H3,(H,15,16);1H. The van der Waals surface area contributed by atoms with Gasteiger partial charge in [0, 0.05) is 19.0 Å². The molecule has 0 aromatic heterocycles. The molecule has 0 bridgehead atoms. The first-order chi connectivity index (χ1) is 7.68. The molecule has 0 saturated heterocycles. The Kier molecular flexibility index (Phi) is 9.56. The zero-order valence-electron chi connectivity index (χ0n) is 10.9. The van der Waals surface area contributed by atoms with Crippen LogP contribution >= 0.6 is 12.4 Å². The van der Waals surface area contributed by atoms with E-state index >= 15 is 0 Å². The van der Waals surface area contributed by atoms with Gasteiger partial charge in [0.15, 0.2) is 0 Å². The van der Waals surface area contributed by atoms with Gasteiger partial charge < -0.3 is 11.1 Å². The molecule has 3 nitrogen and oxygen atoms in total. The van der Waals surface area contributed by atoms with E-state index in [1.54, 1.807) is 0 Å². The summed E-state index contributed by atoms with van der Waals surface area (Å²) in [6.07, 6.45) is 9.39. The fraction of sp³-hybridized carbons (Fsp3) is 0.923. The summed E-state index contributed by atoms with van der Waals surface area (Å²) in [5, 5.41) is 2.97. The predicted molar refractivity (Wildman–Crippen MR) is 74.3 cm³/mol. The number of halogens is 1. The van der Waals surface area contributed by atoms with Crippen molar-refractivity contribution >= 4 is 18.3 Å². The maximum Gasteiger partial charge on any atom is 0.220 e. The van der Waals surface area contributed by atoms with Gasteiger partial charge >= 0.3 is 0 Å². The summed E-state index contributed by atoms with van der Waals surface area (Å²) < 4.78 is 0. The van der Waals surface area contributed by atoms with Gasteiger partial charge in [-0.2, -0.15) is 0 Å². The first-order valence-corrected chi connectivity index (χ1v) is 6.70. The molecule has 0 spiro atoms. The smallest absolute Gasteiger partial charge is 0.220 e. The normalized spacial score (nSPS) is 17.5. The van der Waals surface area contributed by atoms with Gasteiger partial charge in [0.05, 0.1) is 0 Å². The number of carbonyl (C=O) groups excluding carboxylic acids is 1. The molecule has 0 radical (unpaired) electrons. The van der Waals surface area contributed by atoms with Crippen molar-refractivity contribution in [1.29, 1.82) is 0 Å². The lowest BCUT2D eigenvalue weighted by molar-refractivity contribution is -0.121. The van der Waals surface area contributed by atoms with Gasteiger partial charge in [-0.15, -0.1) is 12.4 Å². The Labute approximate surface area is 111 Å². The molecule has 4 heteroatoms. The average molecular weight is 263 g/mol. The van der Waals surface area contributed by atoms with Gasteiger partial charge in [-0.3, -0.25) is 4.79 Å². The van der Waals surface area contributed by atoms with E-state index in [2.05, 4.69) is 5.32 Å². The maximum atomic E-state index is 11.4. The minimum Gasteiger partial charge on any atom is -0.356 e. The Bertz CT molecular complexity index is 204. The molecular weight excluding hydrogens is 236 g/mol. The van der Waals surface area contributed by atoms with E-state index in [0.717, 1.165) is 25.3 Å². The molecule has 0 aromatic carbocycles.